The average Bonchev–Trinajstić information content (AvgIpc) is 2.64. The summed E-state index contributed by atoms with van der Waals surface area (Å²) in [6, 6.07) is -1.52. The fourth-order valence-electron chi connectivity index (χ4n) is 1.72. The Hall–Kier alpha value is -1.63. The zero-order valence-electron chi connectivity index (χ0n) is 12.4. The Morgan fingerprint density at radius 1 is 1.40 bits per heavy atom. The van der Waals surface area contributed by atoms with E-state index in [1.54, 1.807) is 20.8 Å². The lowest BCUT2D eigenvalue weighted by molar-refractivity contribution is -0.141. The number of carboxylic acids is 1. The minimum Gasteiger partial charge on any atom is -0.480 e. The van der Waals surface area contributed by atoms with E-state index in [0.29, 0.717) is 5.13 Å². The number of aromatic nitrogens is 1. The maximum absolute atomic E-state index is 11.9. The van der Waals surface area contributed by atoms with Gasteiger partial charge in [-0.15, -0.1) is 11.3 Å². The van der Waals surface area contributed by atoms with Crippen LogP contribution in [0.2, 0.25) is 0 Å². The lowest BCUT2D eigenvalue weighted by Crippen LogP contribution is -2.50. The van der Waals surface area contributed by atoms with Crippen LogP contribution in [-0.4, -0.2) is 28.1 Å². The molecule has 7 heteroatoms. The fraction of sp³-hybridized carbons (Fsp3) is 0.615. The summed E-state index contributed by atoms with van der Waals surface area (Å²) in [6.45, 7) is 9.21. The van der Waals surface area contributed by atoms with Crippen LogP contribution in [0.1, 0.15) is 38.3 Å². The largest absolute Gasteiger partial charge is 0.480 e. The molecule has 0 bridgehead atoms. The molecule has 0 aliphatic heterocycles. The van der Waals surface area contributed by atoms with E-state index in [1.807, 2.05) is 13.8 Å². The molecule has 0 saturated carbocycles. The molecule has 1 aromatic rings. The van der Waals surface area contributed by atoms with Crippen LogP contribution in [0.3, 0.4) is 0 Å². The Morgan fingerprint density at radius 3 is 2.40 bits per heavy atom. The van der Waals surface area contributed by atoms with Crippen LogP contribution in [0.5, 0.6) is 0 Å². The van der Waals surface area contributed by atoms with Crippen molar-refractivity contribution in [3.8, 4) is 0 Å². The lowest BCUT2D eigenvalue weighted by atomic mass is 9.87. The standard InChI is InChI=1S/C13H21N3O3S/c1-6-8-7(2)20-12(14-8)16-11(19)15-9(10(17)18)13(3,4)5/h9H,6H2,1-5H3,(H,17,18)(H2,14,15,16,19). The second-order valence-corrected chi connectivity index (χ2v) is 6.81. The van der Waals surface area contributed by atoms with Gasteiger partial charge >= 0.3 is 12.0 Å². The van der Waals surface area contributed by atoms with Gasteiger partial charge in [-0.2, -0.15) is 0 Å². The van der Waals surface area contributed by atoms with E-state index in [1.165, 1.54) is 11.3 Å². The van der Waals surface area contributed by atoms with Gasteiger partial charge < -0.3 is 10.4 Å². The molecule has 0 aromatic carbocycles. The van der Waals surface area contributed by atoms with Crippen LogP contribution in [0.15, 0.2) is 0 Å². The van der Waals surface area contributed by atoms with E-state index in [-0.39, 0.29) is 0 Å². The van der Waals surface area contributed by atoms with Gasteiger partial charge in [0.15, 0.2) is 5.13 Å². The van der Waals surface area contributed by atoms with Crippen molar-refractivity contribution < 1.29 is 14.7 Å². The molecule has 0 aliphatic carbocycles. The topological polar surface area (TPSA) is 91.3 Å². The predicted molar refractivity (Wildman–Crippen MR) is 79.3 cm³/mol. The van der Waals surface area contributed by atoms with Crippen molar-refractivity contribution in [3.05, 3.63) is 10.6 Å². The molecule has 0 aliphatic rings. The molecule has 2 amide bonds. The number of carbonyl (C=O) groups excluding carboxylic acids is 1. The van der Waals surface area contributed by atoms with Gasteiger partial charge in [-0.1, -0.05) is 27.7 Å². The highest BCUT2D eigenvalue weighted by Gasteiger charge is 2.32. The van der Waals surface area contributed by atoms with Crippen molar-refractivity contribution in [3.63, 3.8) is 0 Å². The molecule has 20 heavy (non-hydrogen) atoms. The Morgan fingerprint density at radius 2 is 2.00 bits per heavy atom. The van der Waals surface area contributed by atoms with Gasteiger partial charge in [-0.05, 0) is 18.8 Å². The summed E-state index contributed by atoms with van der Waals surface area (Å²) in [5.74, 6) is -1.06. The van der Waals surface area contributed by atoms with Crippen molar-refractivity contribution in [2.75, 3.05) is 5.32 Å². The molecule has 3 N–H and O–H groups in total. The molecule has 0 radical (unpaired) electrons. The van der Waals surface area contributed by atoms with Crippen LogP contribution in [-0.2, 0) is 11.2 Å². The second-order valence-electron chi connectivity index (χ2n) is 5.61. The average molecular weight is 299 g/mol. The smallest absolute Gasteiger partial charge is 0.326 e. The summed E-state index contributed by atoms with van der Waals surface area (Å²) < 4.78 is 0. The van der Waals surface area contributed by atoms with Gasteiger partial charge in [0.2, 0.25) is 0 Å². The van der Waals surface area contributed by atoms with Gasteiger partial charge in [-0.3, -0.25) is 5.32 Å². The summed E-state index contributed by atoms with van der Waals surface area (Å²) in [7, 11) is 0. The Balaban J connectivity index is 2.73. The van der Waals surface area contributed by atoms with Crippen LogP contribution >= 0.6 is 11.3 Å². The van der Waals surface area contributed by atoms with Crippen LogP contribution in [0.25, 0.3) is 0 Å². The molecule has 1 rings (SSSR count). The highest BCUT2D eigenvalue weighted by Crippen LogP contribution is 2.23. The quantitative estimate of drug-likeness (QED) is 0.797. The number of hydrogen-bond donors (Lipinski definition) is 3. The molecule has 6 nitrogen and oxygen atoms in total. The molecule has 112 valence electrons. The number of hydrogen-bond acceptors (Lipinski definition) is 4. The second kappa shape index (κ2) is 6.21. The Bertz CT molecular complexity index is 505. The summed E-state index contributed by atoms with van der Waals surface area (Å²) >= 11 is 1.38. The number of rotatable bonds is 4. The zero-order chi connectivity index (χ0) is 15.5. The summed E-state index contributed by atoms with van der Waals surface area (Å²) in [6.07, 6.45) is 0.797. The number of nitrogens with one attached hydrogen (secondary N) is 2. The van der Waals surface area contributed by atoms with Crippen molar-refractivity contribution in [2.45, 2.75) is 47.1 Å². The molecule has 0 spiro atoms. The van der Waals surface area contributed by atoms with Gasteiger partial charge in [0.05, 0.1) is 5.69 Å². The Kier molecular flexibility index (Phi) is 5.10. The van der Waals surface area contributed by atoms with E-state index in [4.69, 9.17) is 5.11 Å². The van der Waals surface area contributed by atoms with E-state index < -0.39 is 23.5 Å². The summed E-state index contributed by atoms with van der Waals surface area (Å²) in [5, 5.41) is 14.7. The van der Waals surface area contributed by atoms with Gasteiger partial charge in [-0.25, -0.2) is 14.6 Å². The third kappa shape index (κ3) is 4.19. The van der Waals surface area contributed by atoms with Crippen molar-refractivity contribution in [2.24, 2.45) is 5.41 Å². The molecular weight excluding hydrogens is 278 g/mol. The molecular formula is C13H21N3O3S. The number of thiazole rings is 1. The number of anilines is 1. The predicted octanol–water partition coefficient (Wildman–Crippen LogP) is 2.63. The molecule has 1 heterocycles. The molecule has 1 aromatic heterocycles. The number of amides is 2. The number of urea groups is 1. The number of aliphatic carboxylic acids is 1. The first-order chi connectivity index (χ1) is 9.15. The molecule has 1 unspecified atom stereocenters. The highest BCUT2D eigenvalue weighted by molar-refractivity contribution is 7.15. The van der Waals surface area contributed by atoms with E-state index in [9.17, 15) is 9.59 Å². The van der Waals surface area contributed by atoms with E-state index >= 15 is 0 Å². The minimum atomic E-state index is -1.06. The van der Waals surface area contributed by atoms with E-state index in [2.05, 4.69) is 15.6 Å². The van der Waals surface area contributed by atoms with Crippen molar-refractivity contribution >= 4 is 28.5 Å². The first kappa shape index (κ1) is 16.4. The minimum absolute atomic E-state index is 0.481. The first-order valence-corrected chi connectivity index (χ1v) is 7.23. The zero-order valence-corrected chi connectivity index (χ0v) is 13.2. The summed E-state index contributed by atoms with van der Waals surface area (Å²) in [5.41, 5.74) is 0.368. The van der Waals surface area contributed by atoms with Crippen molar-refractivity contribution in [1.29, 1.82) is 0 Å². The maximum Gasteiger partial charge on any atom is 0.326 e. The van der Waals surface area contributed by atoms with Crippen LogP contribution in [0.4, 0.5) is 9.93 Å². The molecule has 1 atom stereocenters. The monoisotopic (exact) mass is 299 g/mol. The third-order valence-corrected chi connectivity index (χ3v) is 3.76. The Labute approximate surface area is 122 Å². The lowest BCUT2D eigenvalue weighted by Gasteiger charge is -2.27. The SMILES string of the molecule is CCc1nc(NC(=O)NC(C(=O)O)C(C)(C)C)sc1C. The number of carboxylic acid groups (broad SMARTS) is 1. The first-order valence-electron chi connectivity index (χ1n) is 6.41. The highest BCUT2D eigenvalue weighted by atomic mass is 32.1. The van der Waals surface area contributed by atoms with Gasteiger partial charge in [0.25, 0.3) is 0 Å². The molecule has 0 saturated heterocycles. The normalized spacial score (nSPS) is 12.8. The summed E-state index contributed by atoms with van der Waals surface area (Å²) in [4.78, 5) is 28.4. The fourth-order valence-corrected chi connectivity index (χ4v) is 2.62. The van der Waals surface area contributed by atoms with Crippen LogP contribution < -0.4 is 10.6 Å². The number of carbonyl (C=O) groups is 2. The third-order valence-electron chi connectivity index (χ3n) is 2.84. The van der Waals surface area contributed by atoms with Gasteiger partial charge in [0.1, 0.15) is 6.04 Å². The maximum atomic E-state index is 11.9. The van der Waals surface area contributed by atoms with Crippen molar-refractivity contribution in [1.82, 2.24) is 10.3 Å². The number of aryl methyl sites for hydroxylation is 2. The number of nitrogens with zero attached hydrogens (tertiary/aromatic N) is 1. The molecule has 0 fully saturated rings. The van der Waals surface area contributed by atoms with Gasteiger partial charge in [0, 0.05) is 4.88 Å². The van der Waals surface area contributed by atoms with E-state index in [0.717, 1.165) is 17.0 Å². The van der Waals surface area contributed by atoms with Crippen LogP contribution in [0, 0.1) is 12.3 Å².